The van der Waals surface area contributed by atoms with Crippen LogP contribution in [0.2, 0.25) is 5.02 Å². The lowest BCUT2D eigenvalue weighted by Crippen LogP contribution is -2.46. The number of piperazine rings is 1. The molecular formula is C49H57ClN6O7S2. The maximum atomic E-state index is 13.5. The molecule has 5 aromatic rings. The highest BCUT2D eigenvalue weighted by atomic mass is 35.5. The van der Waals surface area contributed by atoms with Crippen molar-refractivity contribution in [3.63, 3.8) is 0 Å². The van der Waals surface area contributed by atoms with Crippen molar-refractivity contribution < 1.29 is 27.7 Å². The molecule has 1 aliphatic rings. The van der Waals surface area contributed by atoms with E-state index in [1.807, 2.05) is 67.7 Å². The molecule has 0 bridgehead atoms. The number of thioether (sulfide) groups is 1. The van der Waals surface area contributed by atoms with Crippen molar-refractivity contribution in [2.45, 2.75) is 61.4 Å². The molecule has 0 aromatic heterocycles. The molecule has 344 valence electrons. The van der Waals surface area contributed by atoms with Crippen LogP contribution in [0.4, 0.5) is 17.1 Å². The monoisotopic (exact) mass is 940 g/mol. The first-order valence-corrected chi connectivity index (χ1v) is 24.8. The molecule has 0 saturated carbocycles. The van der Waals surface area contributed by atoms with Crippen molar-refractivity contribution in [2.24, 2.45) is 0 Å². The van der Waals surface area contributed by atoms with Gasteiger partial charge in [0.15, 0.2) is 0 Å². The van der Waals surface area contributed by atoms with Crippen LogP contribution in [0.15, 0.2) is 131 Å². The summed E-state index contributed by atoms with van der Waals surface area (Å²) in [5, 5.41) is 16.4. The van der Waals surface area contributed by atoms with Crippen molar-refractivity contribution in [3.05, 3.63) is 148 Å². The van der Waals surface area contributed by atoms with Crippen LogP contribution in [0.5, 0.6) is 0 Å². The Morgan fingerprint density at radius 1 is 0.877 bits per heavy atom. The third-order valence-corrected chi connectivity index (χ3v) is 14.0. The van der Waals surface area contributed by atoms with Gasteiger partial charge in [-0.25, -0.2) is 13.1 Å². The van der Waals surface area contributed by atoms with Gasteiger partial charge in [0, 0.05) is 78.2 Å². The number of nitrogens with zero attached hydrogens (tertiary/aromatic N) is 4. The Bertz CT molecular complexity index is 2450. The first kappa shape index (κ1) is 49.0. The number of carbonyl (C=O) groups excluding carboxylic acids is 2. The van der Waals surface area contributed by atoms with Gasteiger partial charge < -0.3 is 19.9 Å². The van der Waals surface area contributed by atoms with Crippen LogP contribution in [0.3, 0.4) is 0 Å². The molecular weight excluding hydrogens is 884 g/mol. The summed E-state index contributed by atoms with van der Waals surface area (Å²) in [5.41, 5.74) is 4.36. The second-order valence-electron chi connectivity index (χ2n) is 16.0. The van der Waals surface area contributed by atoms with Gasteiger partial charge in [0.05, 0.1) is 16.4 Å². The fraction of sp³-hybridized carbons (Fsp3) is 0.347. The van der Waals surface area contributed by atoms with Gasteiger partial charge >= 0.3 is 5.97 Å². The molecule has 5 aromatic carbocycles. The summed E-state index contributed by atoms with van der Waals surface area (Å²) in [6.07, 6.45) is 3.63. The summed E-state index contributed by atoms with van der Waals surface area (Å²) in [5.74, 6) is -0.421. The number of hydrogen-bond donors (Lipinski definition) is 2. The van der Waals surface area contributed by atoms with E-state index in [4.69, 9.17) is 16.3 Å². The van der Waals surface area contributed by atoms with E-state index in [9.17, 15) is 28.1 Å². The summed E-state index contributed by atoms with van der Waals surface area (Å²) in [6.45, 7) is 7.73. The van der Waals surface area contributed by atoms with Crippen LogP contribution in [-0.4, -0.2) is 99.7 Å². The molecule has 13 nitrogen and oxygen atoms in total. The number of sulfonamides is 1. The van der Waals surface area contributed by atoms with Gasteiger partial charge in [0.2, 0.25) is 0 Å². The summed E-state index contributed by atoms with van der Waals surface area (Å²) < 4.78 is 34.1. The number of amides is 1. The summed E-state index contributed by atoms with van der Waals surface area (Å²) in [4.78, 5) is 44.2. The molecule has 1 aliphatic heterocycles. The number of rotatable bonds is 23. The number of nitro benzene ring substituents is 1. The quantitative estimate of drug-likeness (QED) is 0.0211. The molecule has 1 heterocycles. The number of carbonyl (C=O) groups is 2. The van der Waals surface area contributed by atoms with E-state index >= 15 is 0 Å². The molecule has 0 radical (unpaired) electrons. The van der Waals surface area contributed by atoms with Crippen molar-refractivity contribution in [1.29, 1.82) is 0 Å². The Balaban J connectivity index is 1.04. The number of nitro groups is 1. The van der Waals surface area contributed by atoms with Gasteiger partial charge in [-0.15, -0.1) is 11.8 Å². The van der Waals surface area contributed by atoms with Crippen LogP contribution < -0.4 is 14.9 Å². The minimum atomic E-state index is -4.47. The van der Waals surface area contributed by atoms with Crippen molar-refractivity contribution in [1.82, 2.24) is 14.5 Å². The average molecular weight is 942 g/mol. The van der Waals surface area contributed by atoms with Gasteiger partial charge in [0.25, 0.3) is 21.6 Å². The maximum absolute atomic E-state index is 13.5. The predicted octanol–water partition coefficient (Wildman–Crippen LogP) is 9.37. The van der Waals surface area contributed by atoms with Crippen LogP contribution >= 0.6 is 23.4 Å². The Kier molecular flexibility index (Phi) is 18.2. The lowest BCUT2D eigenvalue weighted by atomic mass is 9.99. The molecule has 1 unspecified atom stereocenters. The second-order valence-corrected chi connectivity index (χ2v) is 19.2. The zero-order valence-electron chi connectivity index (χ0n) is 36.9. The molecule has 0 aliphatic carbocycles. The van der Waals surface area contributed by atoms with Gasteiger partial charge in [-0.1, -0.05) is 72.6 Å². The molecule has 2 N–H and O–H groups in total. The Morgan fingerprint density at radius 2 is 1.58 bits per heavy atom. The molecule has 0 spiro atoms. The number of esters is 1. The summed E-state index contributed by atoms with van der Waals surface area (Å²) in [7, 11) is -2.45. The molecule has 1 atom stereocenters. The van der Waals surface area contributed by atoms with Gasteiger partial charge in [0.1, 0.15) is 5.69 Å². The molecule has 1 saturated heterocycles. The average Bonchev–Trinajstić information content (AvgIpc) is 3.31. The van der Waals surface area contributed by atoms with Gasteiger partial charge in [-0.2, -0.15) is 0 Å². The third-order valence-electron chi connectivity index (χ3n) is 11.3. The number of benzene rings is 5. The maximum Gasteiger partial charge on any atom is 0.305 e. The number of ether oxygens (including phenoxy) is 1. The van der Waals surface area contributed by atoms with E-state index in [0.29, 0.717) is 36.8 Å². The second kappa shape index (κ2) is 24.2. The van der Waals surface area contributed by atoms with Gasteiger partial charge in [-0.3, -0.25) is 24.6 Å². The normalized spacial score (nSPS) is 13.6. The number of unbranched alkanes of at least 4 members (excludes halogenated alkanes) is 2. The fourth-order valence-electron chi connectivity index (χ4n) is 7.67. The SMILES string of the molecule is CCOC(=O)CCCCCN(C)CCC(CSc1ccccc1)Nc1ccc(S(=O)(=O)NC(=O)c2ccc(N3CCN(Cc4ccccc4-c4ccc(Cl)cc4)CC3)cc2)cc1[N+](=O)[O-]. The van der Waals surface area contributed by atoms with Crippen LogP contribution in [-0.2, 0) is 26.1 Å². The smallest absolute Gasteiger partial charge is 0.305 e. The van der Waals surface area contributed by atoms with Crippen molar-refractivity contribution >= 4 is 62.3 Å². The summed E-state index contributed by atoms with van der Waals surface area (Å²) in [6, 6.07) is 36.3. The molecule has 65 heavy (non-hydrogen) atoms. The van der Waals surface area contributed by atoms with E-state index in [2.05, 4.69) is 42.9 Å². The zero-order valence-corrected chi connectivity index (χ0v) is 39.3. The molecule has 1 amide bonds. The van der Waals surface area contributed by atoms with Crippen molar-refractivity contribution in [2.75, 3.05) is 68.9 Å². The standard InChI is InChI=1S/C49H57ClN6O7S2/c1-3-63-48(57)16-8-5-11-28-53(2)29-27-41(36-64-43-13-6-4-7-14-43)51-46-26-25-44(34-47(46)56(59)60)65(61,62)52-49(58)38-19-23-42(24-20-38)55-32-30-54(31-33-55)35-39-12-9-10-15-45(39)37-17-21-40(50)22-18-37/h4,6-7,9-10,12-15,17-26,34,41,51H,3,5,8,11,16,27-33,35-36H2,1-2H3,(H,52,58). The van der Waals surface area contributed by atoms with Crippen LogP contribution in [0.25, 0.3) is 11.1 Å². The molecule has 16 heteroatoms. The third kappa shape index (κ3) is 14.8. The Morgan fingerprint density at radius 3 is 2.29 bits per heavy atom. The van der Waals surface area contributed by atoms with Crippen molar-refractivity contribution in [3.8, 4) is 11.1 Å². The lowest BCUT2D eigenvalue weighted by Gasteiger charge is -2.36. The van der Waals surface area contributed by atoms with E-state index < -0.39 is 31.4 Å². The van der Waals surface area contributed by atoms with E-state index in [1.54, 1.807) is 43.0 Å². The van der Waals surface area contributed by atoms with E-state index in [0.717, 1.165) is 80.7 Å². The topological polar surface area (TPSA) is 154 Å². The van der Waals surface area contributed by atoms with E-state index in [1.165, 1.54) is 23.3 Å². The number of hydrogen-bond acceptors (Lipinski definition) is 12. The molecule has 6 rings (SSSR count). The minimum Gasteiger partial charge on any atom is -0.466 e. The zero-order chi connectivity index (χ0) is 46.2. The highest BCUT2D eigenvalue weighted by Crippen LogP contribution is 2.31. The minimum absolute atomic E-state index is 0.142. The van der Waals surface area contributed by atoms with Crippen LogP contribution in [0.1, 0.15) is 54.9 Å². The number of anilines is 2. The predicted molar refractivity (Wildman–Crippen MR) is 260 cm³/mol. The Labute approximate surface area is 391 Å². The van der Waals surface area contributed by atoms with E-state index in [-0.39, 0.29) is 23.3 Å². The lowest BCUT2D eigenvalue weighted by molar-refractivity contribution is -0.384. The Hall–Kier alpha value is -5.45. The number of nitrogens with one attached hydrogen (secondary N) is 2. The number of halogens is 1. The first-order valence-electron chi connectivity index (χ1n) is 21.9. The highest BCUT2D eigenvalue weighted by molar-refractivity contribution is 7.99. The summed E-state index contributed by atoms with van der Waals surface area (Å²) >= 11 is 7.75. The van der Waals surface area contributed by atoms with Gasteiger partial charge in [-0.05, 0) is 124 Å². The largest absolute Gasteiger partial charge is 0.466 e. The van der Waals surface area contributed by atoms with Crippen LogP contribution in [0, 0.1) is 10.1 Å². The highest BCUT2D eigenvalue weighted by Gasteiger charge is 2.26. The first-order chi connectivity index (χ1) is 31.4. The molecule has 1 fully saturated rings. The fourth-order valence-corrected chi connectivity index (χ4v) is 9.78.